The molecule has 1 fully saturated rings. The van der Waals surface area contributed by atoms with Gasteiger partial charge in [-0.2, -0.15) is 0 Å². The van der Waals surface area contributed by atoms with Crippen molar-refractivity contribution in [2.24, 2.45) is 0 Å². The third-order valence-corrected chi connectivity index (χ3v) is 3.43. The van der Waals surface area contributed by atoms with Crippen molar-refractivity contribution in [3.8, 4) is 5.75 Å². The minimum atomic E-state index is -0.556. The van der Waals surface area contributed by atoms with E-state index in [-0.39, 0.29) is 42.2 Å². The third-order valence-electron chi connectivity index (χ3n) is 3.43. The van der Waals surface area contributed by atoms with Crippen LogP contribution in [-0.4, -0.2) is 42.5 Å². The Morgan fingerprint density at radius 1 is 1.52 bits per heavy atom. The van der Waals surface area contributed by atoms with Crippen molar-refractivity contribution in [1.82, 2.24) is 10.2 Å². The standard InChI is InChI=1S/C15H19FN2O3/c1-3-21-14-11(5-4-6-12(14)16)15(20)18-8-7-17-13(19)9-10(18)2/h4-6,10H,3,7-9H2,1-2H3,(H,17,19). The number of nitrogens with zero attached hydrogens (tertiary/aromatic N) is 1. The minimum absolute atomic E-state index is 0.0271. The van der Waals surface area contributed by atoms with E-state index in [2.05, 4.69) is 5.32 Å². The van der Waals surface area contributed by atoms with E-state index in [1.54, 1.807) is 17.9 Å². The first-order valence-electron chi connectivity index (χ1n) is 7.03. The van der Waals surface area contributed by atoms with Crippen LogP contribution < -0.4 is 10.1 Å². The van der Waals surface area contributed by atoms with Crippen molar-refractivity contribution < 1.29 is 18.7 Å². The SMILES string of the molecule is CCOc1c(F)cccc1C(=O)N1CCNC(=O)CC1C. The van der Waals surface area contributed by atoms with E-state index in [4.69, 9.17) is 4.74 Å². The maximum atomic E-state index is 13.8. The van der Waals surface area contributed by atoms with Crippen LogP contribution in [-0.2, 0) is 4.79 Å². The molecule has 1 heterocycles. The Hall–Kier alpha value is -2.11. The Morgan fingerprint density at radius 3 is 3.00 bits per heavy atom. The molecule has 0 spiro atoms. The summed E-state index contributed by atoms with van der Waals surface area (Å²) in [4.78, 5) is 25.7. The summed E-state index contributed by atoms with van der Waals surface area (Å²) in [5, 5.41) is 2.72. The molecular weight excluding hydrogens is 275 g/mol. The van der Waals surface area contributed by atoms with E-state index in [1.807, 2.05) is 6.92 Å². The van der Waals surface area contributed by atoms with Crippen LogP contribution in [0.15, 0.2) is 18.2 Å². The van der Waals surface area contributed by atoms with Gasteiger partial charge in [0.2, 0.25) is 5.91 Å². The molecule has 114 valence electrons. The summed E-state index contributed by atoms with van der Waals surface area (Å²) in [7, 11) is 0. The van der Waals surface area contributed by atoms with Crippen molar-refractivity contribution >= 4 is 11.8 Å². The molecule has 1 aromatic rings. The van der Waals surface area contributed by atoms with E-state index in [9.17, 15) is 14.0 Å². The summed E-state index contributed by atoms with van der Waals surface area (Å²) in [5.74, 6) is -0.982. The molecule has 1 saturated heterocycles. The lowest BCUT2D eigenvalue weighted by atomic mass is 10.1. The lowest BCUT2D eigenvalue weighted by Gasteiger charge is -2.27. The molecule has 0 saturated carbocycles. The summed E-state index contributed by atoms with van der Waals surface area (Å²) < 4.78 is 19.1. The number of hydrogen-bond donors (Lipinski definition) is 1. The van der Waals surface area contributed by atoms with Crippen molar-refractivity contribution in [3.63, 3.8) is 0 Å². The summed E-state index contributed by atoms with van der Waals surface area (Å²) >= 11 is 0. The molecular formula is C15H19FN2O3. The van der Waals surface area contributed by atoms with Gasteiger partial charge in [0.15, 0.2) is 11.6 Å². The van der Waals surface area contributed by atoms with Crippen molar-refractivity contribution in [1.29, 1.82) is 0 Å². The quantitative estimate of drug-likeness (QED) is 0.920. The van der Waals surface area contributed by atoms with Crippen LogP contribution in [0.25, 0.3) is 0 Å². The third kappa shape index (κ3) is 3.32. The first-order valence-corrected chi connectivity index (χ1v) is 7.03. The predicted molar refractivity (Wildman–Crippen MR) is 75.7 cm³/mol. The fraction of sp³-hybridized carbons (Fsp3) is 0.467. The van der Waals surface area contributed by atoms with Crippen LogP contribution >= 0.6 is 0 Å². The monoisotopic (exact) mass is 294 g/mol. The average molecular weight is 294 g/mol. The predicted octanol–water partition coefficient (Wildman–Crippen LogP) is 1.57. The van der Waals surface area contributed by atoms with Crippen molar-refractivity contribution in [2.75, 3.05) is 19.7 Å². The number of para-hydroxylation sites is 1. The highest BCUT2D eigenvalue weighted by atomic mass is 19.1. The van der Waals surface area contributed by atoms with Crippen LogP contribution in [0.5, 0.6) is 5.75 Å². The molecule has 0 bridgehead atoms. The lowest BCUT2D eigenvalue weighted by Crippen LogP contribution is -2.40. The van der Waals surface area contributed by atoms with E-state index >= 15 is 0 Å². The van der Waals surface area contributed by atoms with Crippen LogP contribution in [0.3, 0.4) is 0 Å². The minimum Gasteiger partial charge on any atom is -0.490 e. The molecule has 0 aliphatic carbocycles. The number of halogens is 1. The number of ether oxygens (including phenoxy) is 1. The second-order valence-corrected chi connectivity index (χ2v) is 4.95. The van der Waals surface area contributed by atoms with Gasteiger partial charge in [-0.3, -0.25) is 9.59 Å². The Balaban J connectivity index is 2.30. The first-order chi connectivity index (χ1) is 10.0. The molecule has 1 aromatic carbocycles. The molecule has 0 aromatic heterocycles. The van der Waals surface area contributed by atoms with Gasteiger partial charge in [-0.25, -0.2) is 4.39 Å². The first kappa shape index (κ1) is 15.3. The highest BCUT2D eigenvalue weighted by Crippen LogP contribution is 2.25. The van der Waals surface area contributed by atoms with Crippen molar-refractivity contribution in [3.05, 3.63) is 29.6 Å². The fourth-order valence-corrected chi connectivity index (χ4v) is 2.41. The summed E-state index contributed by atoms with van der Waals surface area (Å²) in [6.07, 6.45) is 0.241. The Morgan fingerprint density at radius 2 is 2.29 bits per heavy atom. The second-order valence-electron chi connectivity index (χ2n) is 4.95. The molecule has 1 atom stereocenters. The Labute approximate surface area is 123 Å². The second kappa shape index (κ2) is 6.56. The zero-order chi connectivity index (χ0) is 15.4. The summed E-state index contributed by atoms with van der Waals surface area (Å²) in [5.41, 5.74) is 0.193. The van der Waals surface area contributed by atoms with Gasteiger partial charge in [-0.1, -0.05) is 6.07 Å². The topological polar surface area (TPSA) is 58.6 Å². The number of carbonyl (C=O) groups is 2. The number of nitrogens with one attached hydrogen (secondary N) is 1. The molecule has 1 aliphatic heterocycles. The number of hydrogen-bond acceptors (Lipinski definition) is 3. The molecule has 21 heavy (non-hydrogen) atoms. The van der Waals surface area contributed by atoms with Crippen LogP contribution in [0.4, 0.5) is 4.39 Å². The van der Waals surface area contributed by atoms with Gasteiger partial charge in [0.1, 0.15) is 0 Å². The molecule has 0 radical (unpaired) electrons. The number of amides is 2. The van der Waals surface area contributed by atoms with E-state index in [1.165, 1.54) is 12.1 Å². The Bertz CT molecular complexity index is 548. The van der Waals surface area contributed by atoms with Crippen molar-refractivity contribution in [2.45, 2.75) is 26.3 Å². The molecule has 2 amide bonds. The van der Waals surface area contributed by atoms with E-state index < -0.39 is 5.82 Å². The number of carbonyl (C=O) groups excluding carboxylic acids is 2. The van der Waals surface area contributed by atoms with Gasteiger partial charge >= 0.3 is 0 Å². The zero-order valence-corrected chi connectivity index (χ0v) is 12.2. The maximum Gasteiger partial charge on any atom is 0.258 e. The van der Waals surface area contributed by atoms with Gasteiger partial charge in [-0.15, -0.1) is 0 Å². The van der Waals surface area contributed by atoms with Gasteiger partial charge < -0.3 is 15.0 Å². The van der Waals surface area contributed by atoms with E-state index in [0.717, 1.165) is 0 Å². The van der Waals surface area contributed by atoms with E-state index in [0.29, 0.717) is 13.1 Å². The van der Waals surface area contributed by atoms with Gasteiger partial charge in [0, 0.05) is 25.6 Å². The zero-order valence-electron chi connectivity index (χ0n) is 12.2. The molecule has 1 unspecified atom stereocenters. The maximum absolute atomic E-state index is 13.8. The van der Waals surface area contributed by atoms with Crippen LogP contribution in [0, 0.1) is 5.82 Å². The smallest absolute Gasteiger partial charge is 0.258 e. The Kier molecular flexibility index (Phi) is 4.77. The molecule has 1 aliphatic rings. The van der Waals surface area contributed by atoms with Crippen LogP contribution in [0.2, 0.25) is 0 Å². The summed E-state index contributed by atoms with van der Waals surface area (Å²) in [6.45, 7) is 4.61. The highest BCUT2D eigenvalue weighted by molar-refractivity contribution is 5.97. The van der Waals surface area contributed by atoms with Crippen LogP contribution in [0.1, 0.15) is 30.6 Å². The normalized spacial score (nSPS) is 18.9. The molecule has 2 rings (SSSR count). The number of rotatable bonds is 3. The largest absolute Gasteiger partial charge is 0.490 e. The fourth-order valence-electron chi connectivity index (χ4n) is 2.41. The molecule has 6 heteroatoms. The highest BCUT2D eigenvalue weighted by Gasteiger charge is 2.28. The van der Waals surface area contributed by atoms with Gasteiger partial charge in [0.25, 0.3) is 5.91 Å². The lowest BCUT2D eigenvalue weighted by molar-refractivity contribution is -0.121. The van der Waals surface area contributed by atoms with Gasteiger partial charge in [-0.05, 0) is 26.0 Å². The molecule has 5 nitrogen and oxygen atoms in total. The summed E-state index contributed by atoms with van der Waals surface area (Å²) in [6, 6.07) is 4.05. The molecule has 1 N–H and O–H groups in total. The number of benzene rings is 1. The van der Waals surface area contributed by atoms with Gasteiger partial charge in [0.05, 0.1) is 12.2 Å². The average Bonchev–Trinajstić information content (AvgIpc) is 2.61.